The van der Waals surface area contributed by atoms with E-state index in [9.17, 15) is 9.59 Å². The summed E-state index contributed by atoms with van der Waals surface area (Å²) < 4.78 is 0. The van der Waals surface area contributed by atoms with Crippen LogP contribution in [0, 0.1) is 0 Å². The van der Waals surface area contributed by atoms with Gasteiger partial charge in [-0.3, -0.25) is 9.59 Å². The van der Waals surface area contributed by atoms with Gasteiger partial charge in [-0.15, -0.1) is 0 Å². The van der Waals surface area contributed by atoms with Gasteiger partial charge in [0.2, 0.25) is 5.91 Å². The van der Waals surface area contributed by atoms with Crippen molar-refractivity contribution in [2.75, 3.05) is 19.6 Å². The van der Waals surface area contributed by atoms with Gasteiger partial charge in [-0.25, -0.2) is 0 Å². The molecule has 0 aliphatic rings. The SMILES string of the molecule is CCN(CC)C(=O)CNC(=O)c1ccc(C(N)=S)cc1. The number of nitrogens with one attached hydrogen (secondary N) is 1. The Morgan fingerprint density at radius 3 is 2.10 bits per heavy atom. The minimum absolute atomic E-state index is 0.00241. The molecule has 0 radical (unpaired) electrons. The summed E-state index contributed by atoms with van der Waals surface area (Å²) in [6, 6.07) is 6.63. The molecule has 1 aromatic carbocycles. The first-order valence-electron chi connectivity index (χ1n) is 6.45. The van der Waals surface area contributed by atoms with E-state index in [0.717, 1.165) is 0 Å². The van der Waals surface area contributed by atoms with Crippen molar-refractivity contribution in [1.29, 1.82) is 0 Å². The molecule has 2 amide bonds. The highest BCUT2D eigenvalue weighted by molar-refractivity contribution is 7.80. The average molecular weight is 293 g/mol. The van der Waals surface area contributed by atoms with Crippen LogP contribution in [0.5, 0.6) is 0 Å². The van der Waals surface area contributed by atoms with Crippen LogP contribution in [0.4, 0.5) is 0 Å². The second-order valence-electron chi connectivity index (χ2n) is 4.19. The Morgan fingerprint density at radius 2 is 1.65 bits per heavy atom. The van der Waals surface area contributed by atoms with Crippen LogP contribution in [0.2, 0.25) is 0 Å². The molecule has 5 nitrogen and oxygen atoms in total. The van der Waals surface area contributed by atoms with Gasteiger partial charge in [0, 0.05) is 24.2 Å². The lowest BCUT2D eigenvalue weighted by Gasteiger charge is -2.18. The molecule has 0 bridgehead atoms. The molecule has 3 N–H and O–H groups in total. The number of thiocarbonyl (C=S) groups is 1. The minimum Gasteiger partial charge on any atom is -0.389 e. The first-order chi connectivity index (χ1) is 9.49. The monoisotopic (exact) mass is 293 g/mol. The van der Waals surface area contributed by atoms with Crippen molar-refractivity contribution >= 4 is 29.0 Å². The Bertz CT molecular complexity index is 496. The third-order valence-corrected chi connectivity index (χ3v) is 3.18. The molecule has 6 heteroatoms. The van der Waals surface area contributed by atoms with E-state index >= 15 is 0 Å². The summed E-state index contributed by atoms with van der Waals surface area (Å²) in [7, 11) is 0. The molecule has 0 atom stereocenters. The third-order valence-electron chi connectivity index (χ3n) is 2.95. The maximum Gasteiger partial charge on any atom is 0.251 e. The van der Waals surface area contributed by atoms with Crippen LogP contribution in [-0.4, -0.2) is 41.3 Å². The van der Waals surface area contributed by atoms with Crippen molar-refractivity contribution in [2.24, 2.45) is 5.73 Å². The number of hydrogen-bond acceptors (Lipinski definition) is 3. The number of likely N-dealkylation sites (N-methyl/N-ethyl adjacent to an activating group) is 1. The zero-order valence-corrected chi connectivity index (χ0v) is 12.5. The van der Waals surface area contributed by atoms with E-state index in [1.165, 1.54) is 0 Å². The van der Waals surface area contributed by atoms with E-state index in [4.69, 9.17) is 18.0 Å². The Labute approximate surface area is 124 Å². The van der Waals surface area contributed by atoms with Gasteiger partial charge in [0.05, 0.1) is 6.54 Å². The molecule has 0 aromatic heterocycles. The first-order valence-corrected chi connectivity index (χ1v) is 6.86. The number of amides is 2. The van der Waals surface area contributed by atoms with Crippen molar-refractivity contribution < 1.29 is 9.59 Å². The van der Waals surface area contributed by atoms with Gasteiger partial charge >= 0.3 is 0 Å². The normalized spacial score (nSPS) is 9.90. The molecule has 108 valence electrons. The number of carbonyl (C=O) groups is 2. The molecule has 1 rings (SSSR count). The quantitative estimate of drug-likeness (QED) is 0.765. The number of nitrogens with two attached hydrogens (primary N) is 1. The predicted octanol–water partition coefficient (Wildman–Crippen LogP) is 0.919. The summed E-state index contributed by atoms with van der Waals surface area (Å²) >= 11 is 4.84. The lowest BCUT2D eigenvalue weighted by atomic mass is 10.1. The van der Waals surface area contributed by atoms with Crippen LogP contribution in [0.15, 0.2) is 24.3 Å². The first kappa shape index (κ1) is 16.1. The summed E-state index contributed by atoms with van der Waals surface area (Å²) in [6.07, 6.45) is 0. The van der Waals surface area contributed by atoms with Gasteiger partial charge < -0.3 is 16.0 Å². The fourth-order valence-corrected chi connectivity index (χ4v) is 1.87. The number of hydrogen-bond donors (Lipinski definition) is 2. The van der Waals surface area contributed by atoms with Crippen molar-refractivity contribution in [3.63, 3.8) is 0 Å². The standard InChI is InChI=1S/C14H19N3O2S/c1-3-17(4-2)12(18)9-16-14(19)11-7-5-10(6-8-11)13(15)20/h5-8H,3-4,9H2,1-2H3,(H2,15,20)(H,16,19). The van der Waals surface area contributed by atoms with Gasteiger partial charge in [0.15, 0.2) is 0 Å². The van der Waals surface area contributed by atoms with Gasteiger partial charge in [0.25, 0.3) is 5.91 Å². The lowest BCUT2D eigenvalue weighted by molar-refractivity contribution is -0.129. The largest absolute Gasteiger partial charge is 0.389 e. The Morgan fingerprint density at radius 1 is 1.15 bits per heavy atom. The summed E-state index contributed by atoms with van der Waals surface area (Å²) in [5, 5.41) is 2.60. The highest BCUT2D eigenvalue weighted by Gasteiger charge is 2.12. The Hall–Kier alpha value is -1.95. The number of nitrogens with zero attached hydrogens (tertiary/aromatic N) is 1. The Balaban J connectivity index is 2.59. The summed E-state index contributed by atoms with van der Waals surface area (Å²) in [6.45, 7) is 5.06. The second kappa shape index (κ2) is 7.59. The summed E-state index contributed by atoms with van der Waals surface area (Å²) in [5.74, 6) is -0.386. The molecule has 0 aliphatic heterocycles. The van der Waals surface area contributed by atoms with E-state index in [-0.39, 0.29) is 23.3 Å². The molecule has 0 unspecified atom stereocenters. The van der Waals surface area contributed by atoms with Gasteiger partial charge in [0.1, 0.15) is 4.99 Å². The van der Waals surface area contributed by atoms with Gasteiger partial charge in [-0.2, -0.15) is 0 Å². The van der Waals surface area contributed by atoms with E-state index in [1.807, 2.05) is 13.8 Å². The van der Waals surface area contributed by atoms with Crippen molar-refractivity contribution in [2.45, 2.75) is 13.8 Å². The van der Waals surface area contributed by atoms with Crippen LogP contribution in [0.1, 0.15) is 29.8 Å². The smallest absolute Gasteiger partial charge is 0.251 e. The molecule has 0 fully saturated rings. The molecule has 20 heavy (non-hydrogen) atoms. The summed E-state index contributed by atoms with van der Waals surface area (Å²) in [4.78, 5) is 25.6. The molecule has 0 aliphatic carbocycles. The molecule has 1 aromatic rings. The lowest BCUT2D eigenvalue weighted by Crippen LogP contribution is -2.40. The van der Waals surface area contributed by atoms with Gasteiger partial charge in [-0.1, -0.05) is 24.4 Å². The summed E-state index contributed by atoms with van der Waals surface area (Å²) in [5.41, 5.74) is 6.66. The maximum absolute atomic E-state index is 11.9. The van der Waals surface area contributed by atoms with E-state index in [0.29, 0.717) is 24.2 Å². The number of benzene rings is 1. The fourth-order valence-electron chi connectivity index (χ4n) is 1.73. The Kier molecular flexibility index (Phi) is 6.11. The number of rotatable bonds is 6. The van der Waals surface area contributed by atoms with Crippen molar-refractivity contribution in [3.05, 3.63) is 35.4 Å². The topological polar surface area (TPSA) is 75.4 Å². The van der Waals surface area contributed by atoms with Crippen molar-refractivity contribution in [3.8, 4) is 0 Å². The molecular formula is C14H19N3O2S. The van der Waals surface area contributed by atoms with E-state index in [2.05, 4.69) is 5.32 Å². The highest BCUT2D eigenvalue weighted by atomic mass is 32.1. The third kappa shape index (κ3) is 4.31. The van der Waals surface area contributed by atoms with E-state index in [1.54, 1.807) is 29.2 Å². The molecule has 0 saturated carbocycles. The maximum atomic E-state index is 11.9. The van der Waals surface area contributed by atoms with E-state index < -0.39 is 0 Å². The zero-order valence-electron chi connectivity index (χ0n) is 11.7. The zero-order chi connectivity index (χ0) is 15.1. The average Bonchev–Trinajstić information content (AvgIpc) is 2.46. The molecule has 0 saturated heterocycles. The van der Waals surface area contributed by atoms with Crippen LogP contribution in [-0.2, 0) is 4.79 Å². The van der Waals surface area contributed by atoms with Crippen LogP contribution in [0.3, 0.4) is 0 Å². The van der Waals surface area contributed by atoms with Crippen LogP contribution in [0.25, 0.3) is 0 Å². The number of carbonyl (C=O) groups excluding carboxylic acids is 2. The fraction of sp³-hybridized carbons (Fsp3) is 0.357. The minimum atomic E-state index is -0.292. The van der Waals surface area contributed by atoms with Crippen LogP contribution >= 0.6 is 12.2 Å². The highest BCUT2D eigenvalue weighted by Crippen LogP contribution is 2.04. The molecule has 0 spiro atoms. The van der Waals surface area contributed by atoms with Crippen LogP contribution < -0.4 is 11.1 Å². The van der Waals surface area contributed by atoms with Gasteiger partial charge in [-0.05, 0) is 26.0 Å². The molecule has 0 heterocycles. The molecular weight excluding hydrogens is 274 g/mol. The second-order valence-corrected chi connectivity index (χ2v) is 4.63. The van der Waals surface area contributed by atoms with Crippen molar-refractivity contribution in [1.82, 2.24) is 10.2 Å². The predicted molar refractivity (Wildman–Crippen MR) is 82.6 cm³/mol.